The summed E-state index contributed by atoms with van der Waals surface area (Å²) in [6.45, 7) is 4.27. The van der Waals surface area contributed by atoms with Crippen molar-refractivity contribution in [1.29, 1.82) is 0 Å². The first-order valence-corrected chi connectivity index (χ1v) is 5.78. The Labute approximate surface area is 99.1 Å². The summed E-state index contributed by atoms with van der Waals surface area (Å²) in [7, 11) is 0. The number of carbonyl (C=O) groups is 2. The second kappa shape index (κ2) is 4.57. The first-order chi connectivity index (χ1) is 8.17. The molecular weight excluding hydrogens is 220 g/mol. The van der Waals surface area contributed by atoms with Crippen molar-refractivity contribution in [1.82, 2.24) is 4.90 Å². The molecule has 3 amide bonds. The standard InChI is InChI=1S/C11H14N4O2/c1-3-5-7-12-8-9(13-7)14-11(17)15(6-4-2)10(8)16/h3-6H2,1-2H3. The van der Waals surface area contributed by atoms with Gasteiger partial charge in [-0.2, -0.15) is 4.99 Å². The molecule has 2 aliphatic rings. The maximum atomic E-state index is 12.0. The summed E-state index contributed by atoms with van der Waals surface area (Å²) in [6.07, 6.45) is 2.29. The summed E-state index contributed by atoms with van der Waals surface area (Å²) < 4.78 is 0. The Morgan fingerprint density at radius 3 is 2.47 bits per heavy atom. The van der Waals surface area contributed by atoms with Crippen LogP contribution in [-0.2, 0) is 4.79 Å². The van der Waals surface area contributed by atoms with E-state index in [2.05, 4.69) is 15.0 Å². The van der Waals surface area contributed by atoms with E-state index in [9.17, 15) is 9.59 Å². The van der Waals surface area contributed by atoms with Gasteiger partial charge in [-0.25, -0.2) is 14.8 Å². The molecule has 90 valence electrons. The number of rotatable bonds is 4. The van der Waals surface area contributed by atoms with E-state index in [1.54, 1.807) is 0 Å². The van der Waals surface area contributed by atoms with Gasteiger partial charge in [0.15, 0.2) is 11.5 Å². The molecule has 17 heavy (non-hydrogen) atoms. The first-order valence-electron chi connectivity index (χ1n) is 5.78. The van der Waals surface area contributed by atoms with Crippen LogP contribution in [0.1, 0.15) is 33.1 Å². The van der Waals surface area contributed by atoms with E-state index in [4.69, 9.17) is 0 Å². The minimum absolute atomic E-state index is 0.177. The predicted octanol–water partition coefficient (Wildman–Crippen LogP) is 1.41. The number of nitrogens with zero attached hydrogens (tertiary/aromatic N) is 4. The van der Waals surface area contributed by atoms with E-state index in [1.807, 2.05) is 13.8 Å². The van der Waals surface area contributed by atoms with Crippen LogP contribution in [0.3, 0.4) is 0 Å². The maximum Gasteiger partial charge on any atom is 0.352 e. The maximum absolute atomic E-state index is 12.0. The largest absolute Gasteiger partial charge is 0.352 e. The van der Waals surface area contributed by atoms with Crippen LogP contribution in [0.4, 0.5) is 4.79 Å². The van der Waals surface area contributed by atoms with Crippen molar-refractivity contribution in [3.63, 3.8) is 0 Å². The van der Waals surface area contributed by atoms with E-state index in [-0.39, 0.29) is 17.5 Å². The topological polar surface area (TPSA) is 74.5 Å². The number of amides is 3. The minimum atomic E-state index is -0.535. The molecule has 0 unspecified atom stereocenters. The summed E-state index contributed by atoms with van der Waals surface area (Å²) in [4.78, 5) is 36.7. The molecule has 6 heteroatoms. The molecule has 0 radical (unpaired) electrons. The second-order valence-electron chi connectivity index (χ2n) is 3.91. The zero-order valence-corrected chi connectivity index (χ0v) is 9.93. The van der Waals surface area contributed by atoms with Gasteiger partial charge in [0.05, 0.1) is 0 Å². The third kappa shape index (κ3) is 2.02. The number of hydrogen-bond donors (Lipinski definition) is 0. The van der Waals surface area contributed by atoms with Crippen molar-refractivity contribution in [3.05, 3.63) is 0 Å². The Morgan fingerprint density at radius 1 is 1.06 bits per heavy atom. The van der Waals surface area contributed by atoms with E-state index in [0.717, 1.165) is 11.3 Å². The number of aliphatic imine (C=N–C) groups is 3. The summed E-state index contributed by atoms with van der Waals surface area (Å²) >= 11 is 0. The van der Waals surface area contributed by atoms with Gasteiger partial charge < -0.3 is 0 Å². The van der Waals surface area contributed by atoms with Gasteiger partial charge in [-0.05, 0) is 12.8 Å². The molecular formula is C11H14N4O2. The molecule has 0 spiro atoms. The molecule has 0 saturated carbocycles. The van der Waals surface area contributed by atoms with Crippen LogP contribution in [0.15, 0.2) is 15.0 Å². The summed E-state index contributed by atoms with van der Waals surface area (Å²) in [5, 5.41) is 0. The van der Waals surface area contributed by atoms with Gasteiger partial charge in [0.2, 0.25) is 0 Å². The van der Waals surface area contributed by atoms with Crippen LogP contribution in [0.25, 0.3) is 0 Å². The van der Waals surface area contributed by atoms with Gasteiger partial charge >= 0.3 is 6.03 Å². The zero-order chi connectivity index (χ0) is 12.4. The molecule has 0 aromatic rings. The van der Waals surface area contributed by atoms with Crippen molar-refractivity contribution in [2.45, 2.75) is 33.1 Å². The van der Waals surface area contributed by atoms with E-state index in [0.29, 0.717) is 25.2 Å². The number of hydrogen-bond acceptors (Lipinski definition) is 4. The Bertz CT molecular complexity index is 462. The van der Waals surface area contributed by atoms with Crippen LogP contribution in [0.5, 0.6) is 0 Å². The van der Waals surface area contributed by atoms with E-state index >= 15 is 0 Å². The molecule has 0 N–H and O–H groups in total. The fourth-order valence-corrected chi connectivity index (χ4v) is 1.72. The number of fused-ring (bicyclic) bond motifs is 1. The van der Waals surface area contributed by atoms with E-state index < -0.39 is 6.03 Å². The second-order valence-corrected chi connectivity index (χ2v) is 3.91. The van der Waals surface area contributed by atoms with Gasteiger partial charge in [0.25, 0.3) is 5.91 Å². The van der Waals surface area contributed by atoms with Crippen molar-refractivity contribution >= 4 is 29.3 Å². The smallest absolute Gasteiger partial charge is 0.267 e. The Balaban J connectivity index is 2.29. The predicted molar refractivity (Wildman–Crippen MR) is 64.6 cm³/mol. The highest BCUT2D eigenvalue weighted by molar-refractivity contribution is 6.72. The molecule has 0 atom stereocenters. The van der Waals surface area contributed by atoms with Gasteiger partial charge in [-0.1, -0.05) is 13.8 Å². The molecule has 2 rings (SSSR count). The lowest BCUT2D eigenvalue weighted by Crippen LogP contribution is -2.46. The average Bonchev–Trinajstić information content (AvgIpc) is 2.67. The lowest BCUT2D eigenvalue weighted by molar-refractivity contribution is -0.121. The quantitative estimate of drug-likeness (QED) is 0.737. The van der Waals surface area contributed by atoms with Crippen molar-refractivity contribution in [2.75, 3.05) is 6.54 Å². The van der Waals surface area contributed by atoms with Gasteiger partial charge in [0, 0.05) is 13.0 Å². The fourth-order valence-electron chi connectivity index (χ4n) is 1.72. The average molecular weight is 234 g/mol. The zero-order valence-electron chi connectivity index (χ0n) is 9.93. The number of carbonyl (C=O) groups excluding carboxylic acids is 2. The number of imide groups is 1. The van der Waals surface area contributed by atoms with Crippen molar-refractivity contribution in [2.24, 2.45) is 15.0 Å². The number of urea groups is 1. The third-order valence-electron chi connectivity index (χ3n) is 2.49. The highest BCUT2D eigenvalue weighted by Crippen LogP contribution is 2.14. The van der Waals surface area contributed by atoms with Crippen LogP contribution >= 0.6 is 0 Å². The highest BCUT2D eigenvalue weighted by atomic mass is 16.2. The lowest BCUT2D eigenvalue weighted by atomic mass is 10.2. The van der Waals surface area contributed by atoms with E-state index in [1.165, 1.54) is 0 Å². The molecule has 0 aromatic carbocycles. The molecule has 2 heterocycles. The summed E-state index contributed by atoms with van der Waals surface area (Å²) in [5.41, 5.74) is 0.210. The van der Waals surface area contributed by atoms with Gasteiger partial charge in [0.1, 0.15) is 5.84 Å². The molecule has 0 bridgehead atoms. The SMILES string of the molecule is CCCC1=NC2=NC(=O)N(CCC)C(=O)C2=N1. The summed E-state index contributed by atoms with van der Waals surface area (Å²) in [6, 6.07) is -0.535. The fraction of sp³-hybridized carbons (Fsp3) is 0.545. The molecule has 0 aromatic heterocycles. The molecule has 6 nitrogen and oxygen atoms in total. The Kier molecular flexibility index (Phi) is 3.12. The van der Waals surface area contributed by atoms with Crippen molar-refractivity contribution < 1.29 is 9.59 Å². The highest BCUT2D eigenvalue weighted by Gasteiger charge is 2.36. The first kappa shape index (κ1) is 11.6. The van der Waals surface area contributed by atoms with Gasteiger partial charge in [-0.3, -0.25) is 9.69 Å². The molecule has 0 fully saturated rings. The summed E-state index contributed by atoms with van der Waals surface area (Å²) in [5.74, 6) is 0.383. The monoisotopic (exact) mass is 234 g/mol. The van der Waals surface area contributed by atoms with Crippen LogP contribution in [0, 0.1) is 0 Å². The molecule has 0 aliphatic carbocycles. The number of amidine groups is 2. The minimum Gasteiger partial charge on any atom is -0.267 e. The van der Waals surface area contributed by atoms with Crippen LogP contribution < -0.4 is 0 Å². The Morgan fingerprint density at radius 2 is 1.82 bits per heavy atom. The van der Waals surface area contributed by atoms with Gasteiger partial charge in [-0.15, -0.1) is 0 Å². The van der Waals surface area contributed by atoms with Crippen LogP contribution in [-0.4, -0.2) is 40.8 Å². The Hall–Kier alpha value is -1.85. The van der Waals surface area contributed by atoms with Crippen LogP contribution in [0.2, 0.25) is 0 Å². The lowest BCUT2D eigenvalue weighted by Gasteiger charge is -2.20. The molecule has 0 saturated heterocycles. The normalized spacial score (nSPS) is 18.9. The third-order valence-corrected chi connectivity index (χ3v) is 2.49. The molecule has 2 aliphatic heterocycles. The van der Waals surface area contributed by atoms with Crippen molar-refractivity contribution in [3.8, 4) is 0 Å².